The number of allylic oxidation sites excluding steroid dienone is 3. The molecule has 5 nitrogen and oxygen atoms in total. The van der Waals surface area contributed by atoms with Gasteiger partial charge in [-0.05, 0) is 36.8 Å². The first-order valence-corrected chi connectivity index (χ1v) is 6.25. The monoisotopic (exact) mass is 271 g/mol. The Kier molecular flexibility index (Phi) is 3.25. The van der Waals surface area contributed by atoms with Crippen LogP contribution in [-0.4, -0.2) is 18.8 Å². The van der Waals surface area contributed by atoms with E-state index in [9.17, 15) is 4.79 Å². The van der Waals surface area contributed by atoms with Crippen molar-refractivity contribution in [1.82, 2.24) is 0 Å². The van der Waals surface area contributed by atoms with Crippen LogP contribution in [0.3, 0.4) is 0 Å². The molecule has 1 aromatic rings. The number of ether oxygens (including phenoxy) is 1. The molecule has 1 aromatic heterocycles. The molecule has 0 spiro atoms. The van der Waals surface area contributed by atoms with Gasteiger partial charge in [-0.3, -0.25) is 0 Å². The zero-order valence-corrected chi connectivity index (χ0v) is 10.9. The van der Waals surface area contributed by atoms with Crippen molar-refractivity contribution in [2.45, 2.75) is 6.42 Å². The predicted molar refractivity (Wildman–Crippen MR) is 72.6 cm³/mol. The first-order chi connectivity index (χ1) is 9.78. The number of nitrogens with zero attached hydrogens (tertiary/aromatic N) is 1. The molecule has 0 fully saturated rings. The van der Waals surface area contributed by atoms with Crippen LogP contribution in [-0.2, 0) is 14.4 Å². The standard InChI is InChI=1S/C15H13NO4/c1-18-11-6-4-10(5-7-11)14-13(15(17)20-16-14)9-12-3-2-8-19-12/h2-4,6-10H,5H2,1H3. The summed E-state index contributed by atoms with van der Waals surface area (Å²) in [6, 6.07) is 3.54. The molecule has 0 amide bonds. The fourth-order valence-electron chi connectivity index (χ4n) is 2.16. The highest BCUT2D eigenvalue weighted by molar-refractivity contribution is 6.26. The number of furan rings is 1. The lowest BCUT2D eigenvalue weighted by Gasteiger charge is -2.14. The number of oxime groups is 1. The van der Waals surface area contributed by atoms with Gasteiger partial charge in [-0.1, -0.05) is 11.2 Å². The topological polar surface area (TPSA) is 61.0 Å². The third kappa shape index (κ3) is 2.30. The molecular weight excluding hydrogens is 258 g/mol. The Labute approximate surface area is 115 Å². The first-order valence-electron chi connectivity index (χ1n) is 6.25. The van der Waals surface area contributed by atoms with E-state index in [2.05, 4.69) is 5.16 Å². The third-order valence-electron chi connectivity index (χ3n) is 3.21. The van der Waals surface area contributed by atoms with Gasteiger partial charge in [0.2, 0.25) is 0 Å². The van der Waals surface area contributed by atoms with E-state index < -0.39 is 5.97 Å². The Morgan fingerprint density at radius 1 is 1.50 bits per heavy atom. The Balaban J connectivity index is 1.85. The molecule has 2 heterocycles. The molecule has 0 saturated carbocycles. The van der Waals surface area contributed by atoms with Crippen molar-refractivity contribution in [3.8, 4) is 0 Å². The Morgan fingerprint density at radius 3 is 3.05 bits per heavy atom. The van der Waals surface area contributed by atoms with Gasteiger partial charge in [0.15, 0.2) is 0 Å². The van der Waals surface area contributed by atoms with Crippen LogP contribution in [0.1, 0.15) is 12.2 Å². The number of carbonyl (C=O) groups is 1. The van der Waals surface area contributed by atoms with E-state index in [0.29, 0.717) is 23.5 Å². The van der Waals surface area contributed by atoms with Crippen molar-refractivity contribution in [2.75, 3.05) is 7.11 Å². The molecule has 1 aliphatic heterocycles. The number of hydrogen-bond donors (Lipinski definition) is 0. The van der Waals surface area contributed by atoms with E-state index >= 15 is 0 Å². The molecule has 5 heteroatoms. The SMILES string of the molecule is COC1=CCC(C2=NOC(=O)C2=Cc2ccco2)C=C1. The van der Waals surface area contributed by atoms with E-state index in [0.717, 1.165) is 5.76 Å². The van der Waals surface area contributed by atoms with Crippen LogP contribution in [0.15, 0.2) is 57.5 Å². The van der Waals surface area contributed by atoms with Crippen molar-refractivity contribution in [2.24, 2.45) is 11.1 Å². The molecule has 102 valence electrons. The molecule has 20 heavy (non-hydrogen) atoms. The Hall–Kier alpha value is -2.56. The van der Waals surface area contributed by atoms with Gasteiger partial charge in [-0.15, -0.1) is 0 Å². The van der Waals surface area contributed by atoms with Gasteiger partial charge in [0.1, 0.15) is 17.2 Å². The van der Waals surface area contributed by atoms with Gasteiger partial charge in [-0.25, -0.2) is 4.79 Å². The Morgan fingerprint density at radius 2 is 2.40 bits per heavy atom. The van der Waals surface area contributed by atoms with Crippen molar-refractivity contribution in [1.29, 1.82) is 0 Å². The minimum Gasteiger partial charge on any atom is -0.497 e. The van der Waals surface area contributed by atoms with Crippen molar-refractivity contribution < 1.29 is 18.8 Å². The second-order valence-corrected chi connectivity index (χ2v) is 4.44. The molecule has 0 aromatic carbocycles. The highest BCUT2D eigenvalue weighted by Gasteiger charge is 2.31. The average molecular weight is 271 g/mol. The Bertz CT molecular complexity index is 635. The maximum atomic E-state index is 11.8. The van der Waals surface area contributed by atoms with Crippen LogP contribution < -0.4 is 0 Å². The predicted octanol–water partition coefficient (Wildman–Crippen LogP) is 2.68. The zero-order chi connectivity index (χ0) is 13.9. The third-order valence-corrected chi connectivity index (χ3v) is 3.21. The van der Waals surface area contributed by atoms with Crippen LogP contribution in [0.5, 0.6) is 0 Å². The van der Waals surface area contributed by atoms with E-state index in [1.165, 1.54) is 0 Å². The quantitative estimate of drug-likeness (QED) is 0.626. The molecule has 2 aliphatic rings. The van der Waals surface area contributed by atoms with Gasteiger partial charge in [0, 0.05) is 5.92 Å². The lowest BCUT2D eigenvalue weighted by Crippen LogP contribution is -2.16. The fraction of sp³-hybridized carbons (Fsp3) is 0.200. The number of methoxy groups -OCH3 is 1. The lowest BCUT2D eigenvalue weighted by molar-refractivity contribution is -0.136. The van der Waals surface area contributed by atoms with Crippen LogP contribution in [0, 0.1) is 5.92 Å². The van der Waals surface area contributed by atoms with Gasteiger partial charge >= 0.3 is 5.97 Å². The summed E-state index contributed by atoms with van der Waals surface area (Å²) >= 11 is 0. The van der Waals surface area contributed by atoms with E-state index in [1.807, 2.05) is 18.2 Å². The van der Waals surface area contributed by atoms with Crippen LogP contribution in [0.4, 0.5) is 0 Å². The molecule has 1 aliphatic carbocycles. The molecule has 3 rings (SSSR count). The maximum absolute atomic E-state index is 11.8. The number of rotatable bonds is 3. The molecule has 1 atom stereocenters. The summed E-state index contributed by atoms with van der Waals surface area (Å²) in [5, 5.41) is 3.89. The van der Waals surface area contributed by atoms with Gasteiger partial charge in [-0.2, -0.15) is 0 Å². The molecule has 0 bridgehead atoms. The summed E-state index contributed by atoms with van der Waals surface area (Å²) in [5.74, 6) is 0.955. The minimum absolute atomic E-state index is 0.00145. The normalized spacial score (nSPS) is 23.6. The van der Waals surface area contributed by atoms with Gasteiger partial charge < -0.3 is 14.0 Å². The summed E-state index contributed by atoms with van der Waals surface area (Å²) in [5.41, 5.74) is 1.05. The molecule has 0 N–H and O–H groups in total. The van der Waals surface area contributed by atoms with E-state index in [4.69, 9.17) is 14.0 Å². The van der Waals surface area contributed by atoms with Crippen molar-refractivity contribution in [3.63, 3.8) is 0 Å². The highest BCUT2D eigenvalue weighted by Crippen LogP contribution is 2.26. The summed E-state index contributed by atoms with van der Waals surface area (Å²) in [6.45, 7) is 0. The largest absolute Gasteiger partial charge is 0.497 e. The molecular formula is C15H13NO4. The second-order valence-electron chi connectivity index (χ2n) is 4.44. The summed E-state index contributed by atoms with van der Waals surface area (Å²) in [7, 11) is 1.62. The maximum Gasteiger partial charge on any atom is 0.367 e. The van der Waals surface area contributed by atoms with Crippen molar-refractivity contribution in [3.05, 3.63) is 53.7 Å². The number of carbonyl (C=O) groups excluding carboxylic acids is 1. The summed E-state index contributed by atoms with van der Waals surface area (Å²) < 4.78 is 10.4. The number of hydrogen-bond acceptors (Lipinski definition) is 5. The summed E-state index contributed by atoms with van der Waals surface area (Å²) in [4.78, 5) is 16.5. The van der Waals surface area contributed by atoms with E-state index in [1.54, 1.807) is 31.6 Å². The second kappa shape index (κ2) is 5.21. The molecule has 1 unspecified atom stereocenters. The minimum atomic E-state index is -0.452. The van der Waals surface area contributed by atoms with Crippen LogP contribution >= 0.6 is 0 Å². The van der Waals surface area contributed by atoms with Crippen LogP contribution in [0.2, 0.25) is 0 Å². The molecule has 0 saturated heterocycles. The first kappa shape index (κ1) is 12.5. The summed E-state index contributed by atoms with van der Waals surface area (Å²) in [6.07, 6.45) is 9.69. The molecule has 0 radical (unpaired) electrons. The van der Waals surface area contributed by atoms with E-state index in [-0.39, 0.29) is 5.92 Å². The van der Waals surface area contributed by atoms with Gasteiger partial charge in [0.25, 0.3) is 0 Å². The van der Waals surface area contributed by atoms with Crippen LogP contribution in [0.25, 0.3) is 6.08 Å². The highest BCUT2D eigenvalue weighted by atomic mass is 16.7. The smallest absolute Gasteiger partial charge is 0.367 e. The average Bonchev–Trinajstić information content (AvgIpc) is 3.11. The zero-order valence-electron chi connectivity index (χ0n) is 10.9. The van der Waals surface area contributed by atoms with Crippen molar-refractivity contribution >= 4 is 17.8 Å². The fourth-order valence-corrected chi connectivity index (χ4v) is 2.16. The lowest BCUT2D eigenvalue weighted by atomic mass is 9.90. The van der Waals surface area contributed by atoms with Gasteiger partial charge in [0.05, 0.1) is 18.9 Å².